The van der Waals surface area contributed by atoms with Crippen molar-refractivity contribution in [3.8, 4) is 0 Å². The lowest BCUT2D eigenvalue weighted by atomic mass is 9.96. The largest absolute Gasteiger partial charge is 0.350 e. The first-order valence-electron chi connectivity index (χ1n) is 7.72. The Morgan fingerprint density at radius 1 is 1.33 bits per heavy atom. The van der Waals surface area contributed by atoms with E-state index in [1.54, 1.807) is 6.92 Å². The average Bonchev–Trinajstić information content (AvgIpc) is 2.44. The Morgan fingerprint density at radius 2 is 2.00 bits per heavy atom. The Balaban J connectivity index is 2.59. The van der Waals surface area contributed by atoms with Crippen LogP contribution in [-0.4, -0.2) is 29.9 Å². The molecule has 0 saturated carbocycles. The van der Waals surface area contributed by atoms with Crippen molar-refractivity contribution in [2.75, 3.05) is 13.6 Å². The number of carbonyl (C=O) groups excluding carboxylic acids is 1. The van der Waals surface area contributed by atoms with E-state index in [1.165, 1.54) is 5.56 Å². The quantitative estimate of drug-likeness (QED) is 0.772. The van der Waals surface area contributed by atoms with Crippen molar-refractivity contribution in [2.45, 2.75) is 52.2 Å². The molecule has 1 aromatic rings. The minimum absolute atomic E-state index is 0.0829. The van der Waals surface area contributed by atoms with Crippen LogP contribution < -0.4 is 11.1 Å². The van der Waals surface area contributed by atoms with E-state index in [-0.39, 0.29) is 5.91 Å². The first-order chi connectivity index (χ1) is 9.89. The van der Waals surface area contributed by atoms with Gasteiger partial charge in [0.05, 0.1) is 5.54 Å². The number of amides is 1. The number of nitrogens with one attached hydrogen (secondary N) is 1. The number of hydrogen-bond acceptors (Lipinski definition) is 3. The van der Waals surface area contributed by atoms with Gasteiger partial charge in [-0.1, -0.05) is 44.5 Å². The smallest absolute Gasteiger partial charge is 0.240 e. The summed E-state index contributed by atoms with van der Waals surface area (Å²) in [6, 6.07) is 8.32. The lowest BCUT2D eigenvalue weighted by Crippen LogP contribution is -2.51. The molecule has 0 aliphatic heterocycles. The van der Waals surface area contributed by atoms with E-state index in [1.807, 2.05) is 19.1 Å². The maximum Gasteiger partial charge on any atom is 0.240 e. The fourth-order valence-electron chi connectivity index (χ4n) is 2.28. The number of benzene rings is 1. The molecule has 118 valence electrons. The summed E-state index contributed by atoms with van der Waals surface area (Å²) in [5.41, 5.74) is 7.62. The third-order valence-electron chi connectivity index (χ3n) is 3.72. The molecule has 0 saturated heterocycles. The number of nitrogens with two attached hydrogens (primary N) is 1. The van der Waals surface area contributed by atoms with Crippen LogP contribution in [0.5, 0.6) is 0 Å². The van der Waals surface area contributed by atoms with Gasteiger partial charge in [0.25, 0.3) is 0 Å². The van der Waals surface area contributed by atoms with Gasteiger partial charge in [-0.15, -0.1) is 0 Å². The molecule has 3 N–H and O–H groups in total. The van der Waals surface area contributed by atoms with E-state index in [0.29, 0.717) is 13.0 Å². The number of carbonyl (C=O) groups is 1. The van der Waals surface area contributed by atoms with Gasteiger partial charge in [-0.25, -0.2) is 0 Å². The molecule has 1 rings (SSSR count). The van der Waals surface area contributed by atoms with Gasteiger partial charge in [0.15, 0.2) is 0 Å². The maximum atomic E-state index is 12.1. The second-order valence-corrected chi connectivity index (χ2v) is 6.00. The van der Waals surface area contributed by atoms with Crippen molar-refractivity contribution >= 4 is 5.91 Å². The van der Waals surface area contributed by atoms with Crippen molar-refractivity contribution < 1.29 is 4.79 Å². The van der Waals surface area contributed by atoms with Crippen LogP contribution in [0.2, 0.25) is 0 Å². The number of hydrogen-bond donors (Lipinski definition) is 2. The van der Waals surface area contributed by atoms with Gasteiger partial charge in [0.2, 0.25) is 5.91 Å². The van der Waals surface area contributed by atoms with E-state index < -0.39 is 5.54 Å². The third-order valence-corrected chi connectivity index (χ3v) is 3.72. The Hall–Kier alpha value is -1.39. The molecule has 0 radical (unpaired) electrons. The van der Waals surface area contributed by atoms with Crippen molar-refractivity contribution in [3.63, 3.8) is 0 Å². The molecule has 0 aliphatic carbocycles. The van der Waals surface area contributed by atoms with Crippen LogP contribution >= 0.6 is 0 Å². The lowest BCUT2D eigenvalue weighted by molar-refractivity contribution is -0.126. The first kappa shape index (κ1) is 17.7. The van der Waals surface area contributed by atoms with Gasteiger partial charge >= 0.3 is 0 Å². The fraction of sp³-hybridized carbons (Fsp3) is 0.588. The monoisotopic (exact) mass is 291 g/mol. The van der Waals surface area contributed by atoms with E-state index in [2.05, 4.69) is 36.3 Å². The second kappa shape index (κ2) is 8.15. The molecule has 21 heavy (non-hydrogen) atoms. The highest BCUT2D eigenvalue weighted by atomic mass is 16.2. The third kappa shape index (κ3) is 5.86. The molecule has 4 heteroatoms. The van der Waals surface area contributed by atoms with Crippen LogP contribution in [-0.2, 0) is 17.9 Å². The van der Waals surface area contributed by atoms with Crippen molar-refractivity contribution in [1.82, 2.24) is 10.2 Å². The minimum atomic E-state index is -0.783. The molecule has 1 aromatic carbocycles. The van der Waals surface area contributed by atoms with E-state index in [4.69, 9.17) is 5.73 Å². The highest BCUT2D eigenvalue weighted by molar-refractivity contribution is 5.85. The molecule has 0 bridgehead atoms. The summed E-state index contributed by atoms with van der Waals surface area (Å²) in [5.74, 6) is -0.0829. The van der Waals surface area contributed by atoms with Crippen LogP contribution in [0.3, 0.4) is 0 Å². The summed E-state index contributed by atoms with van der Waals surface area (Å²) >= 11 is 0. The minimum Gasteiger partial charge on any atom is -0.350 e. The fourth-order valence-corrected chi connectivity index (χ4v) is 2.28. The van der Waals surface area contributed by atoms with Crippen molar-refractivity contribution in [2.24, 2.45) is 5.73 Å². The first-order valence-corrected chi connectivity index (χ1v) is 7.72. The summed E-state index contributed by atoms with van der Waals surface area (Å²) in [7, 11) is 2.10. The lowest BCUT2D eigenvalue weighted by Gasteiger charge is -2.23. The van der Waals surface area contributed by atoms with Gasteiger partial charge < -0.3 is 16.0 Å². The summed E-state index contributed by atoms with van der Waals surface area (Å²) in [5, 5.41) is 2.94. The molecule has 1 atom stereocenters. The van der Waals surface area contributed by atoms with Gasteiger partial charge in [-0.05, 0) is 38.1 Å². The van der Waals surface area contributed by atoms with Gasteiger partial charge in [-0.2, -0.15) is 0 Å². The van der Waals surface area contributed by atoms with Crippen LogP contribution in [0.4, 0.5) is 0 Å². The van der Waals surface area contributed by atoms with Crippen LogP contribution in [0.1, 0.15) is 44.7 Å². The van der Waals surface area contributed by atoms with E-state index in [0.717, 1.165) is 25.1 Å². The molecule has 0 heterocycles. The SMILES string of the molecule is CCCC(C)(N)C(=O)NCc1cccc(CN(C)CC)c1. The number of nitrogens with zero attached hydrogens (tertiary/aromatic N) is 1. The Morgan fingerprint density at radius 3 is 2.62 bits per heavy atom. The van der Waals surface area contributed by atoms with Crippen LogP contribution in [0.15, 0.2) is 24.3 Å². The maximum absolute atomic E-state index is 12.1. The molecular weight excluding hydrogens is 262 g/mol. The van der Waals surface area contributed by atoms with Gasteiger partial charge in [0.1, 0.15) is 0 Å². The van der Waals surface area contributed by atoms with Crippen molar-refractivity contribution in [1.29, 1.82) is 0 Å². The topological polar surface area (TPSA) is 58.4 Å². The Bertz CT molecular complexity index is 457. The zero-order chi connectivity index (χ0) is 15.9. The highest BCUT2D eigenvalue weighted by Crippen LogP contribution is 2.10. The molecular formula is C17H29N3O. The van der Waals surface area contributed by atoms with E-state index >= 15 is 0 Å². The predicted molar refractivity (Wildman–Crippen MR) is 87.8 cm³/mol. The highest BCUT2D eigenvalue weighted by Gasteiger charge is 2.26. The van der Waals surface area contributed by atoms with Crippen molar-refractivity contribution in [3.05, 3.63) is 35.4 Å². The second-order valence-electron chi connectivity index (χ2n) is 6.00. The zero-order valence-corrected chi connectivity index (χ0v) is 13.8. The molecule has 1 unspecified atom stereocenters. The summed E-state index contributed by atoms with van der Waals surface area (Å²) in [6.45, 7) is 8.43. The summed E-state index contributed by atoms with van der Waals surface area (Å²) in [4.78, 5) is 14.3. The van der Waals surface area contributed by atoms with Crippen LogP contribution in [0.25, 0.3) is 0 Å². The molecule has 4 nitrogen and oxygen atoms in total. The summed E-state index contributed by atoms with van der Waals surface area (Å²) in [6.07, 6.45) is 1.60. The molecule has 1 amide bonds. The number of rotatable bonds is 8. The average molecular weight is 291 g/mol. The zero-order valence-electron chi connectivity index (χ0n) is 13.8. The van der Waals surface area contributed by atoms with E-state index in [9.17, 15) is 4.79 Å². The van der Waals surface area contributed by atoms with Gasteiger partial charge in [-0.3, -0.25) is 4.79 Å². The molecule has 0 aromatic heterocycles. The normalized spacial score (nSPS) is 14.0. The predicted octanol–water partition coefficient (Wildman–Crippen LogP) is 2.27. The molecule has 0 fully saturated rings. The van der Waals surface area contributed by atoms with Crippen LogP contribution in [0, 0.1) is 0 Å². The molecule has 0 spiro atoms. The standard InChI is InChI=1S/C17H29N3O/c1-5-10-17(3,18)16(21)19-12-14-8-7-9-15(11-14)13-20(4)6-2/h7-9,11H,5-6,10,12-13,18H2,1-4H3,(H,19,21). The molecule has 0 aliphatic rings. The Kier molecular flexibility index (Phi) is 6.85. The summed E-state index contributed by atoms with van der Waals surface area (Å²) < 4.78 is 0. The van der Waals surface area contributed by atoms with Gasteiger partial charge in [0, 0.05) is 13.1 Å². The Labute approximate surface area is 128 Å².